The minimum absolute atomic E-state index is 0.326. The van der Waals surface area contributed by atoms with Gasteiger partial charge in [0.15, 0.2) is 0 Å². The second kappa shape index (κ2) is 6.89. The molecule has 0 saturated carbocycles. The predicted octanol–water partition coefficient (Wildman–Crippen LogP) is 2.40. The number of nitrogens with zero attached hydrogens (tertiary/aromatic N) is 1. The van der Waals surface area contributed by atoms with Crippen LogP contribution in [0.15, 0.2) is 23.1 Å². The summed E-state index contributed by atoms with van der Waals surface area (Å²) >= 11 is 5.92. The standard InChI is InChI=1S/C14H20ClNO3S/c1-2-12-4-5-14(10-13(12)11-15)20(17,18)16-6-3-8-19-9-7-16/h4-5,10H,2-3,6-9,11H2,1H3. The van der Waals surface area contributed by atoms with Gasteiger partial charge in [0.25, 0.3) is 0 Å². The number of hydrogen-bond donors (Lipinski definition) is 0. The summed E-state index contributed by atoms with van der Waals surface area (Å²) in [4.78, 5) is 0.326. The van der Waals surface area contributed by atoms with E-state index in [-0.39, 0.29) is 0 Å². The van der Waals surface area contributed by atoms with E-state index in [9.17, 15) is 8.42 Å². The van der Waals surface area contributed by atoms with Crippen LogP contribution in [-0.4, -0.2) is 39.0 Å². The molecule has 1 fully saturated rings. The van der Waals surface area contributed by atoms with Gasteiger partial charge in [0, 0.05) is 25.6 Å². The lowest BCUT2D eigenvalue weighted by Gasteiger charge is -2.20. The van der Waals surface area contributed by atoms with Crippen molar-refractivity contribution in [3.63, 3.8) is 0 Å². The Bertz CT molecular complexity index is 552. The lowest BCUT2D eigenvalue weighted by atomic mass is 10.1. The van der Waals surface area contributed by atoms with Crippen molar-refractivity contribution in [3.8, 4) is 0 Å². The maximum Gasteiger partial charge on any atom is 0.243 e. The molecule has 6 heteroatoms. The maximum atomic E-state index is 12.6. The zero-order valence-corrected chi connectivity index (χ0v) is 13.2. The summed E-state index contributed by atoms with van der Waals surface area (Å²) in [6.45, 7) is 4.02. The van der Waals surface area contributed by atoms with Crippen LogP contribution in [0.3, 0.4) is 0 Å². The molecule has 1 heterocycles. The molecule has 0 unspecified atom stereocenters. The minimum atomic E-state index is -3.45. The number of alkyl halides is 1. The minimum Gasteiger partial charge on any atom is -0.380 e. The molecule has 1 saturated heterocycles. The Labute approximate surface area is 125 Å². The van der Waals surface area contributed by atoms with E-state index in [4.69, 9.17) is 16.3 Å². The SMILES string of the molecule is CCc1ccc(S(=O)(=O)N2CCCOCC2)cc1CCl. The van der Waals surface area contributed by atoms with Crippen molar-refractivity contribution in [2.24, 2.45) is 0 Å². The van der Waals surface area contributed by atoms with Crippen LogP contribution in [0.5, 0.6) is 0 Å². The van der Waals surface area contributed by atoms with Crippen molar-refractivity contribution in [2.75, 3.05) is 26.3 Å². The Kier molecular flexibility index (Phi) is 5.43. The van der Waals surface area contributed by atoms with E-state index in [1.54, 1.807) is 12.1 Å². The highest BCUT2D eigenvalue weighted by atomic mass is 35.5. The highest BCUT2D eigenvalue weighted by Gasteiger charge is 2.25. The molecule has 1 aromatic carbocycles. The first-order valence-corrected chi connectivity index (χ1v) is 8.82. The van der Waals surface area contributed by atoms with Gasteiger partial charge in [-0.15, -0.1) is 11.6 Å². The first kappa shape index (κ1) is 15.8. The smallest absolute Gasteiger partial charge is 0.243 e. The van der Waals surface area contributed by atoms with Gasteiger partial charge in [-0.05, 0) is 36.1 Å². The van der Waals surface area contributed by atoms with E-state index >= 15 is 0 Å². The summed E-state index contributed by atoms with van der Waals surface area (Å²) in [7, 11) is -3.45. The summed E-state index contributed by atoms with van der Waals surface area (Å²) in [5, 5.41) is 0. The van der Waals surface area contributed by atoms with Crippen LogP contribution in [-0.2, 0) is 27.1 Å². The van der Waals surface area contributed by atoms with E-state index in [2.05, 4.69) is 0 Å². The molecule has 1 aliphatic rings. The Morgan fingerprint density at radius 2 is 2.05 bits per heavy atom. The summed E-state index contributed by atoms with van der Waals surface area (Å²) in [5.41, 5.74) is 1.99. The van der Waals surface area contributed by atoms with Gasteiger partial charge >= 0.3 is 0 Å². The van der Waals surface area contributed by atoms with E-state index in [0.29, 0.717) is 37.1 Å². The van der Waals surface area contributed by atoms with Crippen molar-refractivity contribution in [3.05, 3.63) is 29.3 Å². The molecular formula is C14H20ClNO3S. The van der Waals surface area contributed by atoms with Crippen molar-refractivity contribution < 1.29 is 13.2 Å². The summed E-state index contributed by atoms with van der Waals surface area (Å²) in [6.07, 6.45) is 1.58. The largest absolute Gasteiger partial charge is 0.380 e. The van der Waals surface area contributed by atoms with Crippen LogP contribution in [0.4, 0.5) is 0 Å². The quantitative estimate of drug-likeness (QED) is 0.801. The third kappa shape index (κ3) is 3.34. The summed E-state index contributed by atoms with van der Waals surface area (Å²) in [5.74, 6) is 0.329. The molecule has 2 rings (SSSR count). The molecule has 1 aliphatic heterocycles. The third-order valence-electron chi connectivity index (χ3n) is 3.52. The van der Waals surface area contributed by atoms with Crippen LogP contribution >= 0.6 is 11.6 Å². The number of hydrogen-bond acceptors (Lipinski definition) is 3. The van der Waals surface area contributed by atoms with Crippen molar-refractivity contribution in [2.45, 2.75) is 30.5 Å². The molecule has 0 aromatic heterocycles. The fourth-order valence-corrected chi connectivity index (χ4v) is 4.11. The first-order valence-electron chi connectivity index (χ1n) is 6.85. The zero-order valence-electron chi connectivity index (χ0n) is 11.6. The van der Waals surface area contributed by atoms with Gasteiger partial charge < -0.3 is 4.74 Å². The average Bonchev–Trinajstić information content (AvgIpc) is 2.76. The fourth-order valence-electron chi connectivity index (χ4n) is 2.34. The van der Waals surface area contributed by atoms with Crippen molar-refractivity contribution in [1.29, 1.82) is 0 Å². The summed E-state index contributed by atoms with van der Waals surface area (Å²) in [6, 6.07) is 5.24. The fraction of sp³-hybridized carbons (Fsp3) is 0.571. The molecule has 0 amide bonds. The maximum absolute atomic E-state index is 12.6. The molecule has 0 bridgehead atoms. The molecular weight excluding hydrogens is 298 g/mol. The molecule has 1 aromatic rings. The van der Waals surface area contributed by atoms with Crippen LogP contribution in [0.25, 0.3) is 0 Å². The van der Waals surface area contributed by atoms with E-state index in [1.165, 1.54) is 4.31 Å². The number of ether oxygens (including phenoxy) is 1. The number of aryl methyl sites for hydroxylation is 1. The van der Waals surface area contributed by atoms with Gasteiger partial charge in [-0.25, -0.2) is 8.42 Å². The lowest BCUT2D eigenvalue weighted by molar-refractivity contribution is 0.148. The predicted molar refractivity (Wildman–Crippen MR) is 79.6 cm³/mol. The van der Waals surface area contributed by atoms with E-state index < -0.39 is 10.0 Å². The van der Waals surface area contributed by atoms with Crippen molar-refractivity contribution >= 4 is 21.6 Å². The van der Waals surface area contributed by atoms with Crippen LogP contribution in [0.1, 0.15) is 24.5 Å². The second-order valence-corrected chi connectivity index (χ2v) is 6.99. The van der Waals surface area contributed by atoms with Crippen molar-refractivity contribution in [1.82, 2.24) is 4.31 Å². The number of benzene rings is 1. The molecule has 0 N–H and O–H groups in total. The number of halogens is 1. The van der Waals surface area contributed by atoms with Crippen LogP contribution < -0.4 is 0 Å². The molecule has 112 valence electrons. The van der Waals surface area contributed by atoms with E-state index in [0.717, 1.165) is 24.0 Å². The molecule has 0 radical (unpaired) electrons. The van der Waals surface area contributed by atoms with Gasteiger partial charge in [0.1, 0.15) is 0 Å². The highest BCUT2D eigenvalue weighted by molar-refractivity contribution is 7.89. The van der Waals surface area contributed by atoms with Crippen LogP contribution in [0.2, 0.25) is 0 Å². The molecule has 0 aliphatic carbocycles. The Balaban J connectivity index is 2.33. The molecule has 0 spiro atoms. The number of rotatable bonds is 4. The first-order chi connectivity index (χ1) is 9.59. The van der Waals surface area contributed by atoms with Gasteiger partial charge in [-0.3, -0.25) is 0 Å². The Morgan fingerprint density at radius 1 is 1.25 bits per heavy atom. The van der Waals surface area contributed by atoms with E-state index in [1.807, 2.05) is 13.0 Å². The second-order valence-electron chi connectivity index (χ2n) is 4.79. The summed E-state index contributed by atoms with van der Waals surface area (Å²) < 4.78 is 32.1. The lowest BCUT2D eigenvalue weighted by Crippen LogP contribution is -2.33. The van der Waals surface area contributed by atoms with Gasteiger partial charge in [0.05, 0.1) is 11.5 Å². The van der Waals surface area contributed by atoms with Gasteiger partial charge in [-0.2, -0.15) is 4.31 Å². The number of sulfonamides is 1. The highest BCUT2D eigenvalue weighted by Crippen LogP contribution is 2.22. The molecule has 20 heavy (non-hydrogen) atoms. The van der Waals surface area contributed by atoms with Gasteiger partial charge in [0.2, 0.25) is 10.0 Å². The van der Waals surface area contributed by atoms with Gasteiger partial charge in [-0.1, -0.05) is 13.0 Å². The average molecular weight is 318 g/mol. The molecule has 0 atom stereocenters. The monoisotopic (exact) mass is 317 g/mol. The normalized spacial score (nSPS) is 17.9. The Hall–Kier alpha value is -0.620. The zero-order chi connectivity index (χ0) is 14.6. The Morgan fingerprint density at radius 3 is 2.75 bits per heavy atom. The third-order valence-corrected chi connectivity index (χ3v) is 5.70. The van der Waals surface area contributed by atoms with Crippen LogP contribution in [0, 0.1) is 0 Å². The molecule has 4 nitrogen and oxygen atoms in total. The topological polar surface area (TPSA) is 46.6 Å².